The molecule has 1 aliphatic carbocycles. The zero-order chi connectivity index (χ0) is 30.9. The number of benzene rings is 3. The van der Waals surface area contributed by atoms with E-state index in [0.29, 0.717) is 21.3 Å². The summed E-state index contributed by atoms with van der Waals surface area (Å²) in [5.41, 5.74) is 2.06. The SMILES string of the molecule is CC(C)(C)S(=O)(=O)CC(C1CC1)N1C(=O)C(CC(=O)Nc2ccccc2)OC(c2cccc(Cl)c2)C1c1ccc(Cl)cc1. The summed E-state index contributed by atoms with van der Waals surface area (Å²) in [7, 11) is -3.61. The Morgan fingerprint density at radius 3 is 2.23 bits per heavy atom. The maximum Gasteiger partial charge on any atom is 0.253 e. The van der Waals surface area contributed by atoms with E-state index in [2.05, 4.69) is 5.32 Å². The number of rotatable bonds is 9. The molecule has 0 aromatic heterocycles. The first kappa shape index (κ1) is 31.5. The molecular formula is C33H36Cl2N2O5S. The summed E-state index contributed by atoms with van der Waals surface area (Å²) in [4.78, 5) is 29.4. The van der Waals surface area contributed by atoms with E-state index < -0.39 is 44.8 Å². The van der Waals surface area contributed by atoms with Crippen molar-refractivity contribution in [1.29, 1.82) is 0 Å². The summed E-state index contributed by atoms with van der Waals surface area (Å²) in [6.07, 6.45) is -0.495. The van der Waals surface area contributed by atoms with Gasteiger partial charge in [-0.05, 0) is 87.1 Å². The van der Waals surface area contributed by atoms with Gasteiger partial charge in [0.25, 0.3) is 5.91 Å². The maximum atomic E-state index is 14.5. The van der Waals surface area contributed by atoms with E-state index in [1.807, 2.05) is 24.3 Å². The minimum absolute atomic E-state index is 0.00721. The smallest absolute Gasteiger partial charge is 0.253 e. The van der Waals surface area contributed by atoms with Crippen molar-refractivity contribution >= 4 is 50.5 Å². The second kappa shape index (κ2) is 12.6. The molecule has 0 bridgehead atoms. The molecule has 1 aliphatic heterocycles. The van der Waals surface area contributed by atoms with E-state index in [9.17, 15) is 18.0 Å². The van der Waals surface area contributed by atoms with Crippen molar-refractivity contribution in [3.63, 3.8) is 0 Å². The number of para-hydroxylation sites is 1. The van der Waals surface area contributed by atoms with Crippen molar-refractivity contribution in [2.75, 3.05) is 11.1 Å². The van der Waals surface area contributed by atoms with Crippen molar-refractivity contribution in [3.05, 3.63) is 100 Å². The fourth-order valence-corrected chi connectivity index (χ4v) is 7.21. The summed E-state index contributed by atoms with van der Waals surface area (Å²) >= 11 is 12.7. The molecule has 0 radical (unpaired) electrons. The standard InChI is InChI=1S/C33H36Cl2N2O5S/c1-33(2,3)43(40,41)20-27(21-12-13-21)37-30(22-14-16-24(34)17-15-22)31(23-8-7-9-25(35)18-23)42-28(32(37)39)19-29(38)36-26-10-5-4-6-11-26/h4-11,14-18,21,27-28,30-31H,12-13,19-20H2,1-3H3,(H,36,38). The van der Waals surface area contributed by atoms with Gasteiger partial charge in [-0.1, -0.05) is 65.7 Å². The molecule has 5 rings (SSSR count). The van der Waals surface area contributed by atoms with E-state index >= 15 is 0 Å². The van der Waals surface area contributed by atoms with Crippen molar-refractivity contribution in [2.45, 2.75) is 69.1 Å². The lowest BCUT2D eigenvalue weighted by atomic mass is 9.89. The van der Waals surface area contributed by atoms with E-state index in [1.54, 1.807) is 80.3 Å². The summed E-state index contributed by atoms with van der Waals surface area (Å²) < 4.78 is 32.8. The monoisotopic (exact) mass is 642 g/mol. The molecule has 7 nitrogen and oxygen atoms in total. The Morgan fingerprint density at radius 1 is 0.953 bits per heavy atom. The molecule has 1 heterocycles. The molecule has 4 unspecified atom stereocenters. The van der Waals surface area contributed by atoms with Gasteiger partial charge in [-0.25, -0.2) is 8.42 Å². The number of nitrogens with zero attached hydrogens (tertiary/aromatic N) is 1. The van der Waals surface area contributed by atoms with Gasteiger partial charge in [-0.3, -0.25) is 9.59 Å². The van der Waals surface area contributed by atoms with Crippen LogP contribution in [0.1, 0.15) is 63.3 Å². The first-order valence-corrected chi connectivity index (χ1v) is 16.8. The zero-order valence-electron chi connectivity index (χ0n) is 24.4. The minimum atomic E-state index is -3.61. The van der Waals surface area contributed by atoms with Crippen LogP contribution < -0.4 is 5.32 Å². The highest BCUT2D eigenvalue weighted by atomic mass is 35.5. The van der Waals surface area contributed by atoms with Crippen LogP contribution in [0, 0.1) is 5.92 Å². The van der Waals surface area contributed by atoms with Crippen LogP contribution in [-0.2, 0) is 24.2 Å². The maximum absolute atomic E-state index is 14.5. The van der Waals surface area contributed by atoms with Crippen molar-refractivity contribution < 1.29 is 22.7 Å². The first-order valence-electron chi connectivity index (χ1n) is 14.4. The molecule has 1 saturated carbocycles. The fourth-order valence-electron chi connectivity index (χ4n) is 5.50. The summed E-state index contributed by atoms with van der Waals surface area (Å²) in [6, 6.07) is 22.0. The van der Waals surface area contributed by atoms with Gasteiger partial charge in [0.15, 0.2) is 9.84 Å². The predicted molar refractivity (Wildman–Crippen MR) is 170 cm³/mol. The normalized spacial score (nSPS) is 21.8. The van der Waals surface area contributed by atoms with Gasteiger partial charge in [0.05, 0.1) is 23.0 Å². The van der Waals surface area contributed by atoms with Crippen molar-refractivity contribution in [1.82, 2.24) is 4.90 Å². The lowest BCUT2D eigenvalue weighted by Gasteiger charge is -2.48. The third-order valence-electron chi connectivity index (χ3n) is 8.09. The molecule has 228 valence electrons. The van der Waals surface area contributed by atoms with E-state index in [1.165, 1.54) is 0 Å². The Hall–Kier alpha value is -2.91. The number of morpholine rings is 1. The number of anilines is 1. The predicted octanol–water partition coefficient (Wildman–Crippen LogP) is 7.02. The number of amides is 2. The Labute approximate surface area is 263 Å². The fraction of sp³-hybridized carbons (Fsp3) is 0.394. The summed E-state index contributed by atoms with van der Waals surface area (Å²) in [5.74, 6) is -0.984. The van der Waals surface area contributed by atoms with Crippen LogP contribution in [0.3, 0.4) is 0 Å². The lowest BCUT2D eigenvalue weighted by Crippen LogP contribution is -2.58. The number of carbonyl (C=O) groups excluding carboxylic acids is 2. The number of nitrogens with one attached hydrogen (secondary N) is 1. The number of hydrogen-bond acceptors (Lipinski definition) is 5. The van der Waals surface area contributed by atoms with E-state index in [4.69, 9.17) is 27.9 Å². The molecule has 0 spiro atoms. The number of carbonyl (C=O) groups is 2. The number of sulfone groups is 1. The quantitative estimate of drug-likeness (QED) is 0.271. The van der Waals surface area contributed by atoms with Gasteiger partial charge >= 0.3 is 0 Å². The molecule has 3 aromatic rings. The van der Waals surface area contributed by atoms with Crippen LogP contribution in [-0.4, -0.2) is 47.8 Å². The Bertz CT molecular complexity index is 1570. The molecule has 10 heteroatoms. The highest BCUT2D eigenvalue weighted by molar-refractivity contribution is 7.92. The van der Waals surface area contributed by atoms with Crippen molar-refractivity contribution in [2.24, 2.45) is 5.92 Å². The average Bonchev–Trinajstić information content (AvgIpc) is 3.79. The third-order valence-corrected chi connectivity index (χ3v) is 11.2. The van der Waals surface area contributed by atoms with Crippen LogP contribution in [0.5, 0.6) is 0 Å². The number of hydrogen-bond donors (Lipinski definition) is 1. The number of ether oxygens (including phenoxy) is 1. The molecule has 1 saturated heterocycles. The molecule has 2 fully saturated rings. The molecule has 2 aliphatic rings. The molecule has 2 amide bonds. The molecular weight excluding hydrogens is 607 g/mol. The molecule has 4 atom stereocenters. The second-order valence-electron chi connectivity index (χ2n) is 12.3. The third kappa shape index (κ3) is 7.26. The van der Waals surface area contributed by atoms with Gasteiger partial charge in [0.2, 0.25) is 5.91 Å². The number of halogens is 2. The average molecular weight is 644 g/mol. The second-order valence-corrected chi connectivity index (χ2v) is 15.9. The van der Waals surface area contributed by atoms with E-state index in [-0.39, 0.29) is 24.0 Å². The van der Waals surface area contributed by atoms with Gasteiger partial charge in [0.1, 0.15) is 12.2 Å². The van der Waals surface area contributed by atoms with Gasteiger partial charge < -0.3 is 15.0 Å². The van der Waals surface area contributed by atoms with Gasteiger partial charge in [-0.15, -0.1) is 0 Å². The minimum Gasteiger partial charge on any atom is -0.357 e. The van der Waals surface area contributed by atoms with Gasteiger partial charge in [0, 0.05) is 21.8 Å². The van der Waals surface area contributed by atoms with Crippen LogP contribution >= 0.6 is 23.2 Å². The van der Waals surface area contributed by atoms with Crippen LogP contribution in [0.4, 0.5) is 5.69 Å². The van der Waals surface area contributed by atoms with E-state index in [0.717, 1.165) is 18.4 Å². The van der Waals surface area contributed by atoms with Crippen LogP contribution in [0.15, 0.2) is 78.9 Å². The highest BCUT2D eigenvalue weighted by Crippen LogP contribution is 2.48. The zero-order valence-corrected chi connectivity index (χ0v) is 26.7. The summed E-state index contributed by atoms with van der Waals surface area (Å²) in [6.45, 7) is 5.03. The topological polar surface area (TPSA) is 92.8 Å². The lowest BCUT2D eigenvalue weighted by molar-refractivity contribution is -0.180. The molecule has 3 aromatic carbocycles. The first-order chi connectivity index (χ1) is 20.3. The largest absolute Gasteiger partial charge is 0.357 e. The highest BCUT2D eigenvalue weighted by Gasteiger charge is 2.52. The summed E-state index contributed by atoms with van der Waals surface area (Å²) in [5, 5.41) is 3.86. The molecule has 1 N–H and O–H groups in total. The van der Waals surface area contributed by atoms with Gasteiger partial charge in [-0.2, -0.15) is 0 Å². The Balaban J connectivity index is 1.60. The van der Waals surface area contributed by atoms with Crippen LogP contribution in [0.2, 0.25) is 10.0 Å². The molecule has 43 heavy (non-hydrogen) atoms. The van der Waals surface area contributed by atoms with Crippen LogP contribution in [0.25, 0.3) is 0 Å². The Morgan fingerprint density at radius 2 is 1.63 bits per heavy atom. The Kier molecular flexibility index (Phi) is 9.23. The van der Waals surface area contributed by atoms with Crippen molar-refractivity contribution in [3.8, 4) is 0 Å².